The van der Waals surface area contributed by atoms with Crippen LogP contribution in [0.25, 0.3) is 11.3 Å². The highest BCUT2D eigenvalue weighted by atomic mass is 19.1. The van der Waals surface area contributed by atoms with Gasteiger partial charge >= 0.3 is 0 Å². The Bertz CT molecular complexity index is 1260. The van der Waals surface area contributed by atoms with Gasteiger partial charge in [-0.05, 0) is 49.6 Å². The number of nitrogens with one attached hydrogen (secondary N) is 1. The monoisotopic (exact) mass is 434 g/mol. The molecule has 32 heavy (non-hydrogen) atoms. The first-order chi connectivity index (χ1) is 15.6. The lowest BCUT2D eigenvalue weighted by atomic mass is 9.96. The molecule has 5 rings (SSSR count). The van der Waals surface area contributed by atoms with Gasteiger partial charge in [-0.1, -0.05) is 6.07 Å². The van der Waals surface area contributed by atoms with Gasteiger partial charge in [0.05, 0.1) is 5.69 Å². The number of anilines is 1. The number of aryl methyl sites for hydroxylation is 1. The predicted molar refractivity (Wildman–Crippen MR) is 116 cm³/mol. The summed E-state index contributed by atoms with van der Waals surface area (Å²) in [5, 5.41) is 15.3. The van der Waals surface area contributed by atoms with Crippen molar-refractivity contribution in [3.05, 3.63) is 66.3 Å². The van der Waals surface area contributed by atoms with E-state index < -0.39 is 0 Å². The minimum absolute atomic E-state index is 0.00168. The van der Waals surface area contributed by atoms with E-state index >= 15 is 0 Å². The molecule has 164 valence electrons. The summed E-state index contributed by atoms with van der Waals surface area (Å²) in [6.07, 6.45) is 6.41. The Morgan fingerprint density at radius 3 is 2.81 bits per heavy atom. The molecule has 0 atom stereocenters. The Kier molecular flexibility index (Phi) is 5.26. The SMILES string of the molecule is Cc1nccn1-c1ccc(CNC(=O)C2CCN(c3ccc4nncn4n3)CC2)cc1F. The molecule has 9 nitrogen and oxygen atoms in total. The van der Waals surface area contributed by atoms with Crippen LogP contribution in [0.3, 0.4) is 0 Å². The van der Waals surface area contributed by atoms with Gasteiger partial charge in [0.25, 0.3) is 0 Å². The maximum absolute atomic E-state index is 14.6. The number of carbonyl (C=O) groups is 1. The van der Waals surface area contributed by atoms with Crippen molar-refractivity contribution in [1.82, 2.24) is 34.7 Å². The van der Waals surface area contributed by atoms with E-state index in [4.69, 9.17) is 0 Å². The number of hydrogen-bond acceptors (Lipinski definition) is 6. The smallest absolute Gasteiger partial charge is 0.223 e. The fraction of sp³-hybridized carbons (Fsp3) is 0.318. The summed E-state index contributed by atoms with van der Waals surface area (Å²) in [6, 6.07) is 8.81. The minimum atomic E-state index is -0.344. The quantitative estimate of drug-likeness (QED) is 0.518. The van der Waals surface area contributed by atoms with Crippen molar-refractivity contribution >= 4 is 17.4 Å². The summed E-state index contributed by atoms with van der Waals surface area (Å²) >= 11 is 0. The van der Waals surface area contributed by atoms with Gasteiger partial charge in [0.15, 0.2) is 5.65 Å². The highest BCUT2D eigenvalue weighted by Crippen LogP contribution is 2.22. The molecule has 4 aromatic rings. The largest absolute Gasteiger partial charge is 0.355 e. The number of aromatic nitrogens is 6. The molecular formula is C22H23FN8O. The first-order valence-corrected chi connectivity index (χ1v) is 10.6. The molecule has 1 fully saturated rings. The number of rotatable bonds is 5. The molecule has 0 bridgehead atoms. The number of nitrogens with zero attached hydrogens (tertiary/aromatic N) is 7. The maximum atomic E-state index is 14.6. The van der Waals surface area contributed by atoms with Crippen molar-refractivity contribution in [2.45, 2.75) is 26.3 Å². The predicted octanol–water partition coefficient (Wildman–Crippen LogP) is 2.29. The Morgan fingerprint density at radius 1 is 1.22 bits per heavy atom. The van der Waals surface area contributed by atoms with Gasteiger partial charge in [0.1, 0.15) is 23.8 Å². The number of fused-ring (bicyclic) bond motifs is 1. The Hall–Kier alpha value is -3.82. The van der Waals surface area contributed by atoms with Crippen LogP contribution in [-0.4, -0.2) is 48.4 Å². The van der Waals surface area contributed by atoms with Crippen LogP contribution in [0.1, 0.15) is 24.2 Å². The zero-order chi connectivity index (χ0) is 22.1. The molecule has 10 heteroatoms. The zero-order valence-electron chi connectivity index (χ0n) is 17.6. The molecule has 3 aromatic heterocycles. The van der Waals surface area contributed by atoms with Crippen LogP contribution in [0.5, 0.6) is 0 Å². The van der Waals surface area contributed by atoms with Gasteiger partial charge in [0.2, 0.25) is 5.91 Å². The summed E-state index contributed by atoms with van der Waals surface area (Å²) in [7, 11) is 0. The van der Waals surface area contributed by atoms with Gasteiger partial charge in [-0.15, -0.1) is 15.3 Å². The van der Waals surface area contributed by atoms with E-state index in [0.717, 1.165) is 37.3 Å². The van der Waals surface area contributed by atoms with Gasteiger partial charge < -0.3 is 14.8 Å². The van der Waals surface area contributed by atoms with Crippen LogP contribution in [0.4, 0.5) is 10.2 Å². The molecule has 1 amide bonds. The average Bonchev–Trinajstić information content (AvgIpc) is 3.46. The molecule has 0 radical (unpaired) electrons. The van der Waals surface area contributed by atoms with Gasteiger partial charge in [-0.25, -0.2) is 9.37 Å². The first-order valence-electron chi connectivity index (χ1n) is 10.6. The summed E-state index contributed by atoms with van der Waals surface area (Å²) < 4.78 is 17.9. The highest BCUT2D eigenvalue weighted by Gasteiger charge is 2.25. The second-order valence-corrected chi connectivity index (χ2v) is 7.93. The average molecular weight is 434 g/mol. The molecule has 1 aromatic carbocycles. The van der Waals surface area contributed by atoms with E-state index in [1.807, 2.05) is 25.1 Å². The van der Waals surface area contributed by atoms with E-state index in [1.165, 1.54) is 6.07 Å². The summed E-state index contributed by atoms with van der Waals surface area (Å²) in [5.74, 6) is 1.15. The molecule has 4 heterocycles. The third-order valence-electron chi connectivity index (χ3n) is 5.90. The van der Waals surface area contributed by atoms with Crippen molar-refractivity contribution in [1.29, 1.82) is 0 Å². The molecule has 0 spiro atoms. The van der Waals surface area contributed by atoms with Crippen molar-refractivity contribution in [2.24, 2.45) is 5.92 Å². The molecule has 0 aliphatic carbocycles. The number of piperidine rings is 1. The molecule has 1 N–H and O–H groups in total. The first kappa shape index (κ1) is 20.1. The normalized spacial score (nSPS) is 14.8. The fourth-order valence-electron chi connectivity index (χ4n) is 4.08. The van der Waals surface area contributed by atoms with Gasteiger partial charge in [0, 0.05) is 37.9 Å². The van der Waals surface area contributed by atoms with E-state index in [2.05, 4.69) is 30.5 Å². The van der Waals surface area contributed by atoms with E-state index in [-0.39, 0.29) is 17.6 Å². The third-order valence-corrected chi connectivity index (χ3v) is 5.90. The Labute approximate surface area is 183 Å². The summed E-state index contributed by atoms with van der Waals surface area (Å²) in [5.41, 5.74) is 1.87. The lowest BCUT2D eigenvalue weighted by Crippen LogP contribution is -2.40. The van der Waals surface area contributed by atoms with Crippen molar-refractivity contribution in [3.63, 3.8) is 0 Å². The van der Waals surface area contributed by atoms with Crippen LogP contribution in [-0.2, 0) is 11.3 Å². The van der Waals surface area contributed by atoms with Gasteiger partial charge in [-0.2, -0.15) is 4.52 Å². The van der Waals surface area contributed by atoms with Crippen LogP contribution in [0.2, 0.25) is 0 Å². The maximum Gasteiger partial charge on any atom is 0.223 e. The van der Waals surface area contributed by atoms with Crippen LogP contribution in [0.15, 0.2) is 49.1 Å². The zero-order valence-corrected chi connectivity index (χ0v) is 17.6. The summed E-state index contributed by atoms with van der Waals surface area (Å²) in [6.45, 7) is 3.60. The van der Waals surface area contributed by atoms with Crippen molar-refractivity contribution in [2.75, 3.05) is 18.0 Å². The van der Waals surface area contributed by atoms with Crippen LogP contribution >= 0.6 is 0 Å². The molecule has 0 unspecified atom stereocenters. The molecule has 1 aliphatic heterocycles. The lowest BCUT2D eigenvalue weighted by molar-refractivity contribution is -0.125. The summed E-state index contributed by atoms with van der Waals surface area (Å²) in [4.78, 5) is 19.0. The lowest BCUT2D eigenvalue weighted by Gasteiger charge is -2.32. The van der Waals surface area contributed by atoms with E-state index in [1.54, 1.807) is 33.9 Å². The number of amides is 1. The minimum Gasteiger partial charge on any atom is -0.355 e. The van der Waals surface area contributed by atoms with Crippen molar-refractivity contribution in [3.8, 4) is 5.69 Å². The number of halogens is 1. The van der Waals surface area contributed by atoms with Crippen LogP contribution < -0.4 is 10.2 Å². The second-order valence-electron chi connectivity index (χ2n) is 7.93. The van der Waals surface area contributed by atoms with Gasteiger partial charge in [-0.3, -0.25) is 4.79 Å². The second kappa shape index (κ2) is 8.37. The van der Waals surface area contributed by atoms with E-state index in [9.17, 15) is 9.18 Å². The molecule has 0 saturated carbocycles. The fourth-order valence-corrected chi connectivity index (χ4v) is 4.08. The Balaban J connectivity index is 1.16. The Morgan fingerprint density at radius 2 is 2.06 bits per heavy atom. The molecule has 1 saturated heterocycles. The van der Waals surface area contributed by atoms with Crippen molar-refractivity contribution < 1.29 is 9.18 Å². The molecule has 1 aliphatic rings. The number of carbonyl (C=O) groups excluding carboxylic acids is 1. The van der Waals surface area contributed by atoms with Crippen LogP contribution in [0, 0.1) is 18.7 Å². The number of hydrogen-bond donors (Lipinski definition) is 1. The van der Waals surface area contributed by atoms with E-state index in [0.29, 0.717) is 23.7 Å². The number of benzene rings is 1. The highest BCUT2D eigenvalue weighted by molar-refractivity contribution is 5.79. The standard InChI is InChI=1S/C22H23FN8O/c1-15-24-8-11-30(15)19-3-2-16(12-18(19)23)13-25-22(32)17-6-9-29(10-7-17)21-5-4-20-27-26-14-31(20)28-21/h2-5,8,11-12,14,17H,6-7,9-10,13H2,1H3,(H,25,32). The molecular weight excluding hydrogens is 411 g/mol. The topological polar surface area (TPSA) is 93.2 Å². The number of imidazole rings is 1. The third kappa shape index (κ3) is 3.91.